The van der Waals surface area contributed by atoms with Gasteiger partial charge in [0.05, 0.1) is 5.69 Å². The van der Waals surface area contributed by atoms with Gasteiger partial charge in [-0.3, -0.25) is 0 Å². The number of nitrogens with zero attached hydrogens (tertiary/aromatic N) is 3. The van der Waals surface area contributed by atoms with Gasteiger partial charge in [0.1, 0.15) is 11.6 Å². The summed E-state index contributed by atoms with van der Waals surface area (Å²) in [4.78, 5) is 8.91. The first-order valence-corrected chi connectivity index (χ1v) is 6.03. The molecule has 0 aliphatic rings. The van der Waals surface area contributed by atoms with Crippen LogP contribution < -0.4 is 5.32 Å². The molecule has 0 aliphatic heterocycles. The van der Waals surface area contributed by atoms with E-state index in [1.54, 1.807) is 0 Å². The van der Waals surface area contributed by atoms with E-state index < -0.39 is 0 Å². The van der Waals surface area contributed by atoms with Gasteiger partial charge < -0.3 is 9.88 Å². The second kappa shape index (κ2) is 5.48. The fourth-order valence-electron chi connectivity index (χ4n) is 1.81. The van der Waals surface area contributed by atoms with Crippen LogP contribution in [0.3, 0.4) is 0 Å². The number of hydrogen-bond acceptors (Lipinski definition) is 3. The Labute approximate surface area is 102 Å². The monoisotopic (exact) mass is 230 g/mol. The van der Waals surface area contributed by atoms with Crippen molar-refractivity contribution in [3.05, 3.63) is 42.1 Å². The largest absolute Gasteiger partial charge is 0.370 e. The molecule has 0 amide bonds. The molecule has 0 spiro atoms. The van der Waals surface area contributed by atoms with Crippen molar-refractivity contribution in [2.24, 2.45) is 0 Å². The number of hydrogen-bond donors (Lipinski definition) is 1. The van der Waals surface area contributed by atoms with Gasteiger partial charge in [-0.2, -0.15) is 0 Å². The molecule has 0 aliphatic carbocycles. The molecular formula is C13H18N4. The Bertz CT molecular complexity index is 476. The summed E-state index contributed by atoms with van der Waals surface area (Å²) in [5.74, 6) is 1.99. The van der Waals surface area contributed by atoms with Crippen molar-refractivity contribution in [1.29, 1.82) is 0 Å². The molecule has 2 heterocycles. The van der Waals surface area contributed by atoms with Crippen LogP contribution in [0.2, 0.25) is 0 Å². The minimum atomic E-state index is 0.778. The van der Waals surface area contributed by atoms with Crippen molar-refractivity contribution in [3.8, 4) is 0 Å². The highest BCUT2D eigenvalue weighted by atomic mass is 15.1. The topological polar surface area (TPSA) is 42.7 Å². The third-order valence-corrected chi connectivity index (χ3v) is 2.65. The van der Waals surface area contributed by atoms with Gasteiger partial charge in [-0.1, -0.05) is 6.07 Å². The Morgan fingerprint density at radius 2 is 2.18 bits per heavy atom. The summed E-state index contributed by atoms with van der Waals surface area (Å²) in [7, 11) is 0. The van der Waals surface area contributed by atoms with E-state index in [9.17, 15) is 0 Å². The maximum atomic E-state index is 4.55. The van der Waals surface area contributed by atoms with E-state index in [4.69, 9.17) is 0 Å². The highest BCUT2D eigenvalue weighted by Crippen LogP contribution is 2.09. The van der Waals surface area contributed by atoms with Crippen LogP contribution in [0.5, 0.6) is 0 Å². The van der Waals surface area contributed by atoms with Gasteiger partial charge in [0.2, 0.25) is 0 Å². The lowest BCUT2D eigenvalue weighted by atomic mass is 10.2. The fourth-order valence-corrected chi connectivity index (χ4v) is 1.81. The fraction of sp³-hybridized carbons (Fsp3) is 0.385. The van der Waals surface area contributed by atoms with Crippen molar-refractivity contribution in [2.75, 3.05) is 11.9 Å². The predicted octanol–water partition coefficient (Wildman–Crippen LogP) is 2.32. The third-order valence-electron chi connectivity index (χ3n) is 2.65. The molecule has 0 saturated carbocycles. The van der Waals surface area contributed by atoms with E-state index >= 15 is 0 Å². The summed E-state index contributed by atoms with van der Waals surface area (Å²) in [6.45, 7) is 6.02. The lowest BCUT2D eigenvalue weighted by Crippen LogP contribution is -2.05. The number of rotatable bonds is 5. The molecule has 2 rings (SSSR count). The average molecular weight is 230 g/mol. The first-order chi connectivity index (χ1) is 8.33. The summed E-state index contributed by atoms with van der Waals surface area (Å²) in [6, 6.07) is 6.05. The Kier molecular flexibility index (Phi) is 3.75. The maximum absolute atomic E-state index is 4.55. The van der Waals surface area contributed by atoms with Crippen LogP contribution in [0.15, 0.2) is 30.6 Å². The summed E-state index contributed by atoms with van der Waals surface area (Å²) < 4.78 is 2.14. The standard InChI is InChI=1S/C13H18N4/c1-3-14-12-7-5-6-11(16-12)10-13-15-8-9-17(13)4-2/h5-9H,3-4,10H2,1-2H3,(H,14,16). The van der Waals surface area contributed by atoms with E-state index in [0.717, 1.165) is 36.8 Å². The first kappa shape index (κ1) is 11.6. The van der Waals surface area contributed by atoms with Crippen LogP contribution in [-0.2, 0) is 13.0 Å². The number of pyridine rings is 1. The van der Waals surface area contributed by atoms with Gasteiger partial charge in [-0.05, 0) is 26.0 Å². The highest BCUT2D eigenvalue weighted by Gasteiger charge is 2.04. The first-order valence-electron chi connectivity index (χ1n) is 6.03. The normalized spacial score (nSPS) is 10.5. The lowest BCUT2D eigenvalue weighted by molar-refractivity contribution is 0.708. The molecular weight excluding hydrogens is 212 g/mol. The van der Waals surface area contributed by atoms with Gasteiger partial charge in [0.25, 0.3) is 0 Å². The number of imidazole rings is 1. The maximum Gasteiger partial charge on any atom is 0.126 e. The molecule has 0 fully saturated rings. The Hall–Kier alpha value is -1.84. The zero-order valence-electron chi connectivity index (χ0n) is 10.3. The summed E-state index contributed by atoms with van der Waals surface area (Å²) in [6.07, 6.45) is 4.62. The molecule has 1 N–H and O–H groups in total. The van der Waals surface area contributed by atoms with Crippen LogP contribution in [0.1, 0.15) is 25.4 Å². The number of nitrogens with one attached hydrogen (secondary N) is 1. The number of aromatic nitrogens is 3. The van der Waals surface area contributed by atoms with Crippen LogP contribution in [0.25, 0.3) is 0 Å². The molecule has 4 nitrogen and oxygen atoms in total. The minimum absolute atomic E-state index is 0.778. The van der Waals surface area contributed by atoms with E-state index in [1.165, 1.54) is 0 Å². The number of anilines is 1. The van der Waals surface area contributed by atoms with Gasteiger partial charge in [0.15, 0.2) is 0 Å². The predicted molar refractivity (Wildman–Crippen MR) is 69.1 cm³/mol. The zero-order valence-corrected chi connectivity index (χ0v) is 10.3. The highest BCUT2D eigenvalue weighted by molar-refractivity contribution is 5.35. The van der Waals surface area contributed by atoms with Gasteiger partial charge in [-0.15, -0.1) is 0 Å². The Balaban J connectivity index is 2.15. The second-order valence-corrected chi connectivity index (χ2v) is 3.85. The van der Waals surface area contributed by atoms with Gasteiger partial charge in [-0.25, -0.2) is 9.97 Å². The van der Waals surface area contributed by atoms with Crippen molar-refractivity contribution < 1.29 is 0 Å². The van der Waals surface area contributed by atoms with E-state index in [-0.39, 0.29) is 0 Å². The Morgan fingerprint density at radius 3 is 2.94 bits per heavy atom. The molecule has 2 aromatic heterocycles. The molecule has 90 valence electrons. The van der Waals surface area contributed by atoms with E-state index in [1.807, 2.05) is 30.6 Å². The SMILES string of the molecule is CCNc1cccc(Cc2nccn2CC)n1. The summed E-state index contributed by atoms with van der Waals surface area (Å²) in [5, 5.41) is 3.22. The van der Waals surface area contributed by atoms with E-state index in [2.05, 4.69) is 33.7 Å². The van der Waals surface area contributed by atoms with Crippen LogP contribution in [0, 0.1) is 0 Å². The van der Waals surface area contributed by atoms with Gasteiger partial charge in [0, 0.05) is 31.9 Å². The smallest absolute Gasteiger partial charge is 0.126 e. The van der Waals surface area contributed by atoms with Crippen molar-refractivity contribution in [2.45, 2.75) is 26.8 Å². The van der Waals surface area contributed by atoms with Crippen LogP contribution >= 0.6 is 0 Å². The molecule has 4 heteroatoms. The molecule has 0 aromatic carbocycles. The zero-order chi connectivity index (χ0) is 12.1. The van der Waals surface area contributed by atoms with Crippen molar-refractivity contribution in [1.82, 2.24) is 14.5 Å². The molecule has 0 bridgehead atoms. The van der Waals surface area contributed by atoms with Crippen LogP contribution in [-0.4, -0.2) is 21.1 Å². The summed E-state index contributed by atoms with van der Waals surface area (Å²) in [5.41, 5.74) is 1.05. The van der Waals surface area contributed by atoms with Crippen LogP contribution in [0.4, 0.5) is 5.82 Å². The summed E-state index contributed by atoms with van der Waals surface area (Å²) >= 11 is 0. The lowest BCUT2D eigenvalue weighted by Gasteiger charge is -2.06. The molecule has 17 heavy (non-hydrogen) atoms. The molecule has 2 aromatic rings. The molecule has 0 radical (unpaired) electrons. The van der Waals surface area contributed by atoms with Crippen molar-refractivity contribution in [3.63, 3.8) is 0 Å². The average Bonchev–Trinajstić information content (AvgIpc) is 2.77. The quantitative estimate of drug-likeness (QED) is 0.857. The Morgan fingerprint density at radius 1 is 1.29 bits per heavy atom. The molecule has 0 atom stereocenters. The van der Waals surface area contributed by atoms with Gasteiger partial charge >= 0.3 is 0 Å². The third kappa shape index (κ3) is 2.84. The van der Waals surface area contributed by atoms with E-state index in [0.29, 0.717) is 0 Å². The molecule has 0 saturated heterocycles. The van der Waals surface area contributed by atoms with Crippen molar-refractivity contribution >= 4 is 5.82 Å². The number of aryl methyl sites for hydroxylation is 1. The second-order valence-electron chi connectivity index (χ2n) is 3.85. The molecule has 0 unspecified atom stereocenters. The minimum Gasteiger partial charge on any atom is -0.370 e.